The van der Waals surface area contributed by atoms with Crippen LogP contribution in [0.1, 0.15) is 25.1 Å². The van der Waals surface area contributed by atoms with Crippen molar-refractivity contribution in [3.05, 3.63) is 47.9 Å². The van der Waals surface area contributed by atoms with Gasteiger partial charge in [-0.05, 0) is 19.4 Å². The van der Waals surface area contributed by atoms with Gasteiger partial charge in [0.25, 0.3) is 7.52 Å². The highest BCUT2D eigenvalue weighted by Crippen LogP contribution is 2.44. The molecule has 2 heterocycles. The zero-order valence-electron chi connectivity index (χ0n) is 19.1. The molecule has 0 bridgehead atoms. The number of hydrogen-bond acceptors (Lipinski definition) is 10. The number of anilines is 1. The van der Waals surface area contributed by atoms with Crippen molar-refractivity contribution in [2.45, 2.75) is 39.6 Å². The molecule has 0 fully saturated rings. The van der Waals surface area contributed by atoms with E-state index in [0.29, 0.717) is 23.4 Å². The van der Waals surface area contributed by atoms with Gasteiger partial charge in [0.1, 0.15) is 17.9 Å². The van der Waals surface area contributed by atoms with Gasteiger partial charge in [0.2, 0.25) is 5.95 Å². The number of rotatable bonds is 13. The van der Waals surface area contributed by atoms with E-state index in [1.165, 1.54) is 6.33 Å². The summed E-state index contributed by atoms with van der Waals surface area (Å²) in [6.45, 7) is 3.70. The van der Waals surface area contributed by atoms with Crippen LogP contribution in [-0.4, -0.2) is 56.2 Å². The van der Waals surface area contributed by atoms with Gasteiger partial charge in [-0.15, -0.1) is 0 Å². The van der Waals surface area contributed by atoms with Crippen molar-refractivity contribution in [2.24, 2.45) is 0 Å². The van der Waals surface area contributed by atoms with Crippen LogP contribution in [0.2, 0.25) is 0 Å². The fourth-order valence-electron chi connectivity index (χ4n) is 3.12. The molecule has 1 aromatic carbocycles. The molecule has 184 valence electrons. The molecule has 0 spiro atoms. The lowest BCUT2D eigenvalue weighted by atomic mass is 10.2. The van der Waals surface area contributed by atoms with Gasteiger partial charge >= 0.3 is 5.97 Å². The van der Waals surface area contributed by atoms with Gasteiger partial charge in [0.05, 0.1) is 38.4 Å². The van der Waals surface area contributed by atoms with E-state index in [9.17, 15) is 14.5 Å². The number of esters is 1. The summed E-state index contributed by atoms with van der Waals surface area (Å²) >= 11 is 0. The molecule has 2 aromatic heterocycles. The van der Waals surface area contributed by atoms with Crippen LogP contribution < -0.4 is 10.8 Å². The maximum Gasteiger partial charge on any atom is 0.323 e. The van der Waals surface area contributed by atoms with Crippen LogP contribution in [0.3, 0.4) is 0 Å². The number of aliphatic hydroxyl groups is 1. The third-order valence-electron chi connectivity index (χ3n) is 4.75. The maximum atomic E-state index is 13.5. The number of nitrogen functional groups attached to an aromatic ring is 1. The SMILES string of the molecule is CCOC(=O)[C@@H](C)N[P@](=O)(COCCn1cnc2c(CO)nc(N)nc21)OCc1ccccc1. The van der Waals surface area contributed by atoms with Gasteiger partial charge in [0, 0.05) is 6.54 Å². The molecule has 4 N–H and O–H groups in total. The summed E-state index contributed by atoms with van der Waals surface area (Å²) in [5.41, 5.74) is 7.77. The Bertz CT molecular complexity index is 1140. The lowest BCUT2D eigenvalue weighted by molar-refractivity contribution is -0.144. The fraction of sp³-hybridized carbons (Fsp3) is 0.429. The van der Waals surface area contributed by atoms with Crippen LogP contribution >= 0.6 is 7.52 Å². The van der Waals surface area contributed by atoms with Gasteiger partial charge < -0.3 is 29.4 Å². The van der Waals surface area contributed by atoms with Crippen molar-refractivity contribution in [1.82, 2.24) is 24.6 Å². The topological polar surface area (TPSA) is 164 Å². The van der Waals surface area contributed by atoms with Gasteiger partial charge in [-0.2, -0.15) is 4.98 Å². The Hall–Kier alpha value is -2.89. The lowest BCUT2D eigenvalue weighted by Crippen LogP contribution is -2.34. The van der Waals surface area contributed by atoms with Crippen molar-refractivity contribution < 1.29 is 28.5 Å². The second kappa shape index (κ2) is 12.0. The van der Waals surface area contributed by atoms with Crippen LogP contribution in [-0.2, 0) is 43.1 Å². The number of carbonyl (C=O) groups is 1. The molecule has 13 heteroatoms. The summed E-state index contributed by atoms with van der Waals surface area (Å²) in [6.07, 6.45) is 1.27. The normalized spacial score (nSPS) is 14.1. The standard InChI is InChI=1S/C21H29N6O6P/c1-3-32-20(29)15(2)26-34(30,33-12-16-7-5-4-6-8-16)14-31-10-9-27-13-23-18-17(11-28)24-21(22)25-19(18)27/h4-8,13,15,28H,3,9-12,14H2,1-2H3,(H,26,30)(H2,22,24,25)/t15-,34+/m1/s1. The van der Waals surface area contributed by atoms with Crippen LogP contribution in [0.4, 0.5) is 5.95 Å². The summed E-state index contributed by atoms with van der Waals surface area (Å²) in [6, 6.07) is 8.41. The minimum Gasteiger partial charge on any atom is -0.465 e. The number of aliphatic hydroxyl groups excluding tert-OH is 1. The number of nitrogens with zero attached hydrogens (tertiary/aromatic N) is 4. The molecule has 34 heavy (non-hydrogen) atoms. The van der Waals surface area contributed by atoms with Crippen LogP contribution in [0, 0.1) is 0 Å². The van der Waals surface area contributed by atoms with Gasteiger partial charge in [-0.3, -0.25) is 9.36 Å². The number of carbonyl (C=O) groups excluding carboxylic acids is 1. The average Bonchev–Trinajstić information content (AvgIpc) is 3.23. The Labute approximate surface area is 197 Å². The minimum atomic E-state index is -3.57. The van der Waals surface area contributed by atoms with Crippen molar-refractivity contribution in [3.8, 4) is 0 Å². The van der Waals surface area contributed by atoms with Crippen molar-refractivity contribution in [2.75, 3.05) is 25.3 Å². The first kappa shape index (κ1) is 25.7. The van der Waals surface area contributed by atoms with Crippen molar-refractivity contribution >= 4 is 30.6 Å². The first-order valence-corrected chi connectivity index (χ1v) is 12.5. The highest BCUT2D eigenvalue weighted by atomic mass is 31.2. The molecule has 3 aromatic rings. The average molecular weight is 492 g/mol. The molecule has 0 aliphatic heterocycles. The summed E-state index contributed by atoms with van der Waals surface area (Å²) in [4.78, 5) is 24.4. The van der Waals surface area contributed by atoms with E-state index in [4.69, 9.17) is 19.7 Å². The maximum absolute atomic E-state index is 13.5. The molecule has 0 saturated carbocycles. The molecule has 0 aliphatic carbocycles. The van der Waals surface area contributed by atoms with E-state index >= 15 is 0 Å². The Kier molecular flexibility index (Phi) is 9.08. The van der Waals surface area contributed by atoms with E-state index in [-0.39, 0.29) is 38.7 Å². The second-order valence-electron chi connectivity index (χ2n) is 7.37. The molecule has 0 saturated heterocycles. The Morgan fingerprint density at radius 2 is 2.06 bits per heavy atom. The number of ether oxygens (including phenoxy) is 2. The molecule has 0 amide bonds. The number of aromatic nitrogens is 4. The highest BCUT2D eigenvalue weighted by Gasteiger charge is 2.29. The largest absolute Gasteiger partial charge is 0.465 e. The quantitative estimate of drug-likeness (QED) is 0.181. The highest BCUT2D eigenvalue weighted by molar-refractivity contribution is 7.56. The summed E-state index contributed by atoms with van der Waals surface area (Å²) < 4.78 is 31.5. The number of hydrogen-bond donors (Lipinski definition) is 3. The Morgan fingerprint density at radius 1 is 1.29 bits per heavy atom. The summed E-state index contributed by atoms with van der Waals surface area (Å²) in [5.74, 6) is -0.511. The molecular formula is C21H29N6O6P. The van der Waals surface area contributed by atoms with E-state index in [1.807, 2.05) is 30.3 Å². The Balaban J connectivity index is 1.64. The monoisotopic (exact) mass is 492 g/mol. The minimum absolute atomic E-state index is 0.0233. The number of nitrogens with one attached hydrogen (secondary N) is 1. The first-order valence-electron chi connectivity index (χ1n) is 10.7. The van der Waals surface area contributed by atoms with Crippen LogP contribution in [0.15, 0.2) is 36.7 Å². The van der Waals surface area contributed by atoms with Crippen molar-refractivity contribution in [1.29, 1.82) is 0 Å². The molecular weight excluding hydrogens is 463 g/mol. The predicted molar refractivity (Wildman–Crippen MR) is 125 cm³/mol. The molecule has 0 radical (unpaired) electrons. The fourth-order valence-corrected chi connectivity index (χ4v) is 4.77. The van der Waals surface area contributed by atoms with Gasteiger partial charge in [-0.1, -0.05) is 30.3 Å². The third-order valence-corrected chi connectivity index (χ3v) is 6.60. The third kappa shape index (κ3) is 6.81. The molecule has 12 nitrogen and oxygen atoms in total. The van der Waals surface area contributed by atoms with Crippen LogP contribution in [0.5, 0.6) is 0 Å². The van der Waals surface area contributed by atoms with Crippen molar-refractivity contribution in [3.63, 3.8) is 0 Å². The lowest BCUT2D eigenvalue weighted by Gasteiger charge is -2.23. The predicted octanol–water partition coefficient (Wildman–Crippen LogP) is 1.83. The Morgan fingerprint density at radius 3 is 2.76 bits per heavy atom. The number of fused-ring (bicyclic) bond motifs is 1. The molecule has 2 atom stereocenters. The summed E-state index contributed by atoms with van der Waals surface area (Å²) in [5, 5.41) is 12.2. The molecule has 0 aliphatic rings. The molecule has 0 unspecified atom stereocenters. The number of imidazole rings is 1. The van der Waals surface area contributed by atoms with E-state index < -0.39 is 19.5 Å². The smallest absolute Gasteiger partial charge is 0.323 e. The molecule has 3 rings (SSSR count). The van der Waals surface area contributed by atoms with E-state index in [1.54, 1.807) is 18.4 Å². The van der Waals surface area contributed by atoms with Gasteiger partial charge in [-0.25, -0.2) is 15.1 Å². The number of benzene rings is 1. The van der Waals surface area contributed by atoms with E-state index in [0.717, 1.165) is 5.56 Å². The zero-order valence-corrected chi connectivity index (χ0v) is 20.0. The summed E-state index contributed by atoms with van der Waals surface area (Å²) in [7, 11) is -3.57. The number of nitrogens with two attached hydrogens (primary N) is 1. The first-order chi connectivity index (χ1) is 16.3. The van der Waals surface area contributed by atoms with Crippen LogP contribution in [0.25, 0.3) is 11.2 Å². The van der Waals surface area contributed by atoms with Gasteiger partial charge in [0.15, 0.2) is 5.65 Å². The second-order valence-corrected chi connectivity index (χ2v) is 9.49. The zero-order chi connectivity index (χ0) is 24.6. The van der Waals surface area contributed by atoms with E-state index in [2.05, 4.69) is 20.0 Å².